The van der Waals surface area contributed by atoms with Gasteiger partial charge in [-0.3, -0.25) is 5.01 Å². The van der Waals surface area contributed by atoms with Crippen molar-refractivity contribution < 1.29 is 9.53 Å². The number of rotatable bonds is 3. The zero-order valence-electron chi connectivity index (χ0n) is 10.2. The lowest BCUT2D eigenvalue weighted by atomic mass is 10.1. The van der Waals surface area contributed by atoms with Crippen molar-refractivity contribution in [1.82, 2.24) is 9.91 Å². The number of nitrogens with two attached hydrogens (primary N) is 1. The molecule has 0 atom stereocenters. The van der Waals surface area contributed by atoms with E-state index in [1.165, 1.54) is 5.01 Å². The average molecular weight is 270 g/mol. The molecule has 2 amide bonds. The number of hydrogen-bond acceptors (Lipinski definition) is 3. The first-order valence-corrected chi connectivity index (χ1v) is 6.13. The quantitative estimate of drug-likeness (QED) is 0.673. The van der Waals surface area contributed by atoms with Gasteiger partial charge in [0.25, 0.3) is 0 Å². The summed E-state index contributed by atoms with van der Waals surface area (Å²) in [7, 11) is 1.60. The number of carbonyl (C=O) groups excluding carboxylic acids is 1. The van der Waals surface area contributed by atoms with Crippen LogP contribution in [-0.4, -0.2) is 36.1 Å². The average Bonchev–Trinajstić information content (AvgIpc) is 2.35. The fourth-order valence-corrected chi connectivity index (χ4v) is 2.22. The molecule has 6 heteroatoms. The lowest BCUT2D eigenvalue weighted by Gasteiger charge is -2.33. The van der Waals surface area contributed by atoms with Crippen molar-refractivity contribution >= 4 is 17.6 Å². The number of ether oxygens (including phenoxy) is 1. The summed E-state index contributed by atoms with van der Waals surface area (Å²) in [6, 6.07) is 5.20. The topological polar surface area (TPSA) is 58.8 Å². The second-order valence-corrected chi connectivity index (χ2v) is 4.64. The molecule has 5 nitrogen and oxygen atoms in total. The lowest BCUT2D eigenvalue weighted by molar-refractivity contribution is 0.126. The zero-order chi connectivity index (χ0) is 13.1. The number of urea groups is 1. The monoisotopic (exact) mass is 269 g/mol. The minimum atomic E-state index is -0.164. The Labute approximate surface area is 111 Å². The third-order valence-electron chi connectivity index (χ3n) is 2.95. The van der Waals surface area contributed by atoms with Gasteiger partial charge in [-0.05, 0) is 24.6 Å². The molecular weight excluding hydrogens is 254 g/mol. The summed E-state index contributed by atoms with van der Waals surface area (Å²) in [5, 5.41) is 1.86. The van der Waals surface area contributed by atoms with Crippen molar-refractivity contribution in [2.24, 2.45) is 5.84 Å². The van der Waals surface area contributed by atoms with E-state index in [-0.39, 0.29) is 6.03 Å². The van der Waals surface area contributed by atoms with E-state index in [1.807, 2.05) is 6.07 Å². The molecule has 1 aromatic carbocycles. The van der Waals surface area contributed by atoms with Crippen LogP contribution in [0.2, 0.25) is 5.02 Å². The van der Waals surface area contributed by atoms with E-state index in [0.29, 0.717) is 24.7 Å². The predicted molar refractivity (Wildman–Crippen MR) is 69.3 cm³/mol. The van der Waals surface area contributed by atoms with Crippen LogP contribution in [0.15, 0.2) is 18.2 Å². The molecule has 1 aromatic rings. The first-order chi connectivity index (χ1) is 8.61. The number of halogens is 1. The fraction of sp³-hybridized carbons (Fsp3) is 0.417. The first-order valence-electron chi connectivity index (χ1n) is 5.75. The van der Waals surface area contributed by atoms with Gasteiger partial charge in [-0.15, -0.1) is 0 Å². The highest BCUT2D eigenvalue weighted by molar-refractivity contribution is 6.30. The summed E-state index contributed by atoms with van der Waals surface area (Å²) in [5.41, 5.74) is 0.883. The van der Waals surface area contributed by atoms with E-state index >= 15 is 0 Å². The summed E-state index contributed by atoms with van der Waals surface area (Å²) < 4.78 is 5.26. The Bertz CT molecular complexity index is 453. The van der Waals surface area contributed by atoms with E-state index < -0.39 is 0 Å². The van der Waals surface area contributed by atoms with Gasteiger partial charge in [-0.1, -0.05) is 11.6 Å². The van der Waals surface area contributed by atoms with Gasteiger partial charge in [-0.2, -0.15) is 0 Å². The van der Waals surface area contributed by atoms with Crippen LogP contribution in [0.4, 0.5) is 4.79 Å². The maximum absolute atomic E-state index is 11.9. The summed E-state index contributed by atoms with van der Waals surface area (Å²) in [5.74, 6) is 6.33. The molecule has 2 N–H and O–H groups in total. The summed E-state index contributed by atoms with van der Waals surface area (Å²) in [6.07, 6.45) is 0.866. The summed E-state index contributed by atoms with van der Waals surface area (Å²) >= 11 is 5.96. The summed E-state index contributed by atoms with van der Waals surface area (Å²) in [4.78, 5) is 13.6. The van der Waals surface area contributed by atoms with Crippen molar-refractivity contribution in [1.29, 1.82) is 0 Å². The van der Waals surface area contributed by atoms with Crippen LogP contribution in [0.1, 0.15) is 12.0 Å². The highest BCUT2D eigenvalue weighted by Gasteiger charge is 2.24. The molecule has 1 saturated heterocycles. The number of methoxy groups -OCH3 is 1. The molecular formula is C12H16ClN3O2. The van der Waals surface area contributed by atoms with Crippen LogP contribution in [0.25, 0.3) is 0 Å². The minimum Gasteiger partial charge on any atom is -0.496 e. The van der Waals surface area contributed by atoms with Crippen LogP contribution in [0.5, 0.6) is 5.75 Å². The van der Waals surface area contributed by atoms with Crippen LogP contribution in [0, 0.1) is 0 Å². The maximum atomic E-state index is 11.9. The molecule has 1 aliphatic heterocycles. The van der Waals surface area contributed by atoms with Gasteiger partial charge in [0, 0.05) is 23.7 Å². The van der Waals surface area contributed by atoms with Gasteiger partial charge in [0.2, 0.25) is 0 Å². The Morgan fingerprint density at radius 2 is 2.22 bits per heavy atom. The molecule has 1 aliphatic rings. The third-order valence-corrected chi connectivity index (χ3v) is 3.18. The smallest absolute Gasteiger partial charge is 0.334 e. The Morgan fingerprint density at radius 3 is 2.94 bits per heavy atom. The molecule has 0 aromatic heterocycles. The number of amides is 2. The Kier molecular flexibility index (Phi) is 3.93. The van der Waals surface area contributed by atoms with Gasteiger partial charge in [0.15, 0.2) is 0 Å². The van der Waals surface area contributed by atoms with Crippen molar-refractivity contribution in [2.75, 3.05) is 20.2 Å². The number of nitrogens with zero attached hydrogens (tertiary/aromatic N) is 2. The molecule has 18 heavy (non-hydrogen) atoms. The standard InChI is InChI=1S/C12H16ClN3O2/c1-18-11-4-3-10(13)7-9(11)8-15-5-2-6-16(14)12(15)17/h3-4,7H,2,5-6,8,14H2,1H3. The molecule has 0 unspecified atom stereocenters. The summed E-state index contributed by atoms with van der Waals surface area (Å²) in [6.45, 7) is 1.75. The normalized spacial score (nSPS) is 16.1. The van der Waals surface area contributed by atoms with Crippen molar-refractivity contribution in [2.45, 2.75) is 13.0 Å². The third kappa shape index (κ3) is 2.68. The molecule has 0 aliphatic carbocycles. The Balaban J connectivity index is 2.17. The van der Waals surface area contributed by atoms with Crippen molar-refractivity contribution in [3.05, 3.63) is 28.8 Å². The largest absolute Gasteiger partial charge is 0.496 e. The minimum absolute atomic E-state index is 0.164. The molecule has 1 fully saturated rings. The fourth-order valence-electron chi connectivity index (χ4n) is 2.03. The van der Waals surface area contributed by atoms with E-state index in [2.05, 4.69) is 0 Å². The van der Waals surface area contributed by atoms with Gasteiger partial charge in [0.1, 0.15) is 5.75 Å². The molecule has 2 rings (SSSR count). The van der Waals surface area contributed by atoms with Crippen LogP contribution in [-0.2, 0) is 6.54 Å². The van der Waals surface area contributed by atoms with Gasteiger partial charge >= 0.3 is 6.03 Å². The van der Waals surface area contributed by atoms with E-state index in [4.69, 9.17) is 22.2 Å². The van der Waals surface area contributed by atoms with Crippen LogP contribution in [0.3, 0.4) is 0 Å². The highest BCUT2D eigenvalue weighted by atomic mass is 35.5. The van der Waals surface area contributed by atoms with Crippen molar-refractivity contribution in [3.8, 4) is 5.75 Å². The lowest BCUT2D eigenvalue weighted by Crippen LogP contribution is -2.52. The van der Waals surface area contributed by atoms with Crippen molar-refractivity contribution in [3.63, 3.8) is 0 Å². The number of hydrazine groups is 1. The van der Waals surface area contributed by atoms with Gasteiger partial charge in [0.05, 0.1) is 13.7 Å². The number of carbonyl (C=O) groups is 1. The molecule has 1 heterocycles. The molecule has 0 radical (unpaired) electrons. The zero-order valence-corrected chi connectivity index (χ0v) is 11.0. The van der Waals surface area contributed by atoms with E-state index in [9.17, 15) is 4.79 Å². The number of benzene rings is 1. The molecule has 0 bridgehead atoms. The maximum Gasteiger partial charge on any atom is 0.334 e. The van der Waals surface area contributed by atoms with E-state index in [0.717, 1.165) is 17.7 Å². The van der Waals surface area contributed by atoms with E-state index in [1.54, 1.807) is 24.1 Å². The highest BCUT2D eigenvalue weighted by Crippen LogP contribution is 2.24. The molecule has 0 spiro atoms. The predicted octanol–water partition coefficient (Wildman–Crippen LogP) is 1.85. The number of hydrogen-bond donors (Lipinski definition) is 1. The molecule has 98 valence electrons. The second kappa shape index (κ2) is 5.46. The second-order valence-electron chi connectivity index (χ2n) is 4.21. The van der Waals surface area contributed by atoms with Gasteiger partial charge in [-0.25, -0.2) is 10.6 Å². The van der Waals surface area contributed by atoms with Gasteiger partial charge < -0.3 is 9.64 Å². The Hall–Kier alpha value is -1.46. The SMILES string of the molecule is COc1ccc(Cl)cc1CN1CCCN(N)C1=O. The molecule has 0 saturated carbocycles. The van der Waals surface area contributed by atoms with Crippen LogP contribution >= 0.6 is 11.6 Å². The first kappa shape index (κ1) is 13.0. The Morgan fingerprint density at radius 1 is 1.44 bits per heavy atom. The van der Waals surface area contributed by atoms with Crippen LogP contribution < -0.4 is 10.6 Å².